The molecule has 1 fully saturated rings. The molecule has 0 radical (unpaired) electrons. The molecule has 1 aromatic rings. The highest BCUT2D eigenvalue weighted by atomic mass is 19.1. The summed E-state index contributed by atoms with van der Waals surface area (Å²) in [4.78, 5) is 2.11. The SMILES string of the molecule is CN(c1c(F)cccc1CN)C1CCCCCC1. The Bertz CT molecular complexity index is 384. The molecule has 0 aromatic heterocycles. The molecule has 0 spiro atoms. The summed E-state index contributed by atoms with van der Waals surface area (Å²) in [5.74, 6) is -0.148. The maximum absolute atomic E-state index is 14.0. The molecule has 1 aromatic carbocycles. The lowest BCUT2D eigenvalue weighted by atomic mass is 10.0. The second-order valence-electron chi connectivity index (χ2n) is 5.21. The van der Waals surface area contributed by atoms with Gasteiger partial charge in [-0.05, 0) is 24.5 Å². The summed E-state index contributed by atoms with van der Waals surface area (Å²) >= 11 is 0. The van der Waals surface area contributed by atoms with Crippen LogP contribution in [0.15, 0.2) is 18.2 Å². The Hall–Kier alpha value is -1.09. The zero-order chi connectivity index (χ0) is 13.0. The van der Waals surface area contributed by atoms with Crippen molar-refractivity contribution in [2.24, 2.45) is 5.73 Å². The lowest BCUT2D eigenvalue weighted by Gasteiger charge is -2.31. The summed E-state index contributed by atoms with van der Waals surface area (Å²) < 4.78 is 14.0. The molecule has 1 aliphatic carbocycles. The fraction of sp³-hybridized carbons (Fsp3) is 0.600. The van der Waals surface area contributed by atoms with E-state index < -0.39 is 0 Å². The molecule has 0 heterocycles. The van der Waals surface area contributed by atoms with Gasteiger partial charge in [0, 0.05) is 19.6 Å². The van der Waals surface area contributed by atoms with Gasteiger partial charge >= 0.3 is 0 Å². The van der Waals surface area contributed by atoms with Gasteiger partial charge in [-0.3, -0.25) is 0 Å². The first kappa shape index (κ1) is 13.3. The maximum atomic E-state index is 14.0. The Kier molecular flexibility index (Phi) is 4.59. The highest BCUT2D eigenvalue weighted by Crippen LogP contribution is 2.29. The third kappa shape index (κ3) is 2.83. The van der Waals surface area contributed by atoms with Crippen molar-refractivity contribution in [3.63, 3.8) is 0 Å². The standard InChI is InChI=1S/C15H23FN2/c1-18(13-8-4-2-3-5-9-13)15-12(11-17)7-6-10-14(15)16/h6-7,10,13H,2-5,8-9,11,17H2,1H3. The van der Waals surface area contributed by atoms with E-state index in [1.807, 2.05) is 13.1 Å². The summed E-state index contributed by atoms with van der Waals surface area (Å²) in [7, 11) is 2.01. The van der Waals surface area contributed by atoms with Gasteiger partial charge in [-0.25, -0.2) is 4.39 Å². The average molecular weight is 250 g/mol. The Morgan fingerprint density at radius 3 is 2.50 bits per heavy atom. The van der Waals surface area contributed by atoms with Crippen molar-refractivity contribution in [3.05, 3.63) is 29.6 Å². The van der Waals surface area contributed by atoms with Crippen LogP contribution in [0.5, 0.6) is 0 Å². The minimum Gasteiger partial charge on any atom is -0.369 e. The predicted octanol–water partition coefficient (Wildman–Crippen LogP) is 3.44. The van der Waals surface area contributed by atoms with Crippen LogP contribution in [0.3, 0.4) is 0 Å². The van der Waals surface area contributed by atoms with Crippen LogP contribution in [0.1, 0.15) is 44.1 Å². The van der Waals surface area contributed by atoms with Crippen molar-refractivity contribution >= 4 is 5.69 Å². The van der Waals surface area contributed by atoms with Crippen LogP contribution in [0.2, 0.25) is 0 Å². The van der Waals surface area contributed by atoms with Crippen LogP contribution in [0, 0.1) is 5.82 Å². The number of para-hydroxylation sites is 1. The fourth-order valence-electron chi connectivity index (χ4n) is 2.95. The largest absolute Gasteiger partial charge is 0.369 e. The van der Waals surface area contributed by atoms with Crippen LogP contribution < -0.4 is 10.6 Å². The molecule has 2 N–H and O–H groups in total. The molecule has 0 aliphatic heterocycles. The van der Waals surface area contributed by atoms with Gasteiger partial charge in [0.25, 0.3) is 0 Å². The van der Waals surface area contributed by atoms with E-state index in [9.17, 15) is 4.39 Å². The second kappa shape index (κ2) is 6.19. The van der Waals surface area contributed by atoms with E-state index in [2.05, 4.69) is 4.90 Å². The van der Waals surface area contributed by atoms with Gasteiger partial charge in [0.15, 0.2) is 0 Å². The van der Waals surface area contributed by atoms with Crippen molar-refractivity contribution in [3.8, 4) is 0 Å². The quantitative estimate of drug-likeness (QED) is 0.833. The monoisotopic (exact) mass is 250 g/mol. The summed E-state index contributed by atoms with van der Waals surface area (Å²) in [6.07, 6.45) is 7.45. The second-order valence-corrected chi connectivity index (χ2v) is 5.21. The number of hydrogen-bond donors (Lipinski definition) is 1. The van der Waals surface area contributed by atoms with E-state index in [1.54, 1.807) is 6.07 Å². The molecule has 0 saturated heterocycles. The van der Waals surface area contributed by atoms with E-state index in [4.69, 9.17) is 5.73 Å². The number of nitrogens with two attached hydrogens (primary N) is 1. The third-order valence-electron chi connectivity index (χ3n) is 4.02. The van der Waals surface area contributed by atoms with E-state index >= 15 is 0 Å². The lowest BCUT2D eigenvalue weighted by molar-refractivity contribution is 0.536. The maximum Gasteiger partial charge on any atom is 0.146 e. The molecule has 1 saturated carbocycles. The summed E-state index contributed by atoms with van der Waals surface area (Å²) in [6, 6.07) is 5.64. The molecule has 0 bridgehead atoms. The van der Waals surface area contributed by atoms with E-state index in [1.165, 1.54) is 31.7 Å². The summed E-state index contributed by atoms with van der Waals surface area (Å²) in [6.45, 7) is 0.393. The van der Waals surface area contributed by atoms with Crippen LogP contribution in [-0.4, -0.2) is 13.1 Å². The van der Waals surface area contributed by atoms with Crippen LogP contribution >= 0.6 is 0 Å². The molecule has 2 nitrogen and oxygen atoms in total. The van der Waals surface area contributed by atoms with Crippen molar-refractivity contribution in [2.75, 3.05) is 11.9 Å². The summed E-state index contributed by atoms with van der Waals surface area (Å²) in [5.41, 5.74) is 7.33. The molecule has 100 valence electrons. The molecule has 2 rings (SSSR count). The van der Waals surface area contributed by atoms with Gasteiger partial charge in [-0.15, -0.1) is 0 Å². The molecule has 0 amide bonds. The highest BCUT2D eigenvalue weighted by Gasteiger charge is 2.21. The number of rotatable bonds is 3. The van der Waals surface area contributed by atoms with Crippen molar-refractivity contribution in [1.82, 2.24) is 0 Å². The van der Waals surface area contributed by atoms with Crippen molar-refractivity contribution < 1.29 is 4.39 Å². The fourth-order valence-corrected chi connectivity index (χ4v) is 2.95. The number of halogens is 1. The molecule has 0 atom stereocenters. The zero-order valence-electron chi connectivity index (χ0n) is 11.2. The number of nitrogens with zero attached hydrogens (tertiary/aromatic N) is 1. The highest BCUT2D eigenvalue weighted by molar-refractivity contribution is 5.55. The first-order valence-electron chi connectivity index (χ1n) is 6.94. The molecular weight excluding hydrogens is 227 g/mol. The number of anilines is 1. The Balaban J connectivity index is 2.23. The number of benzene rings is 1. The van der Waals surface area contributed by atoms with E-state index in [-0.39, 0.29) is 5.82 Å². The minimum atomic E-state index is -0.148. The Morgan fingerprint density at radius 2 is 1.89 bits per heavy atom. The topological polar surface area (TPSA) is 29.3 Å². The first-order chi connectivity index (χ1) is 8.74. The van der Waals surface area contributed by atoms with Gasteiger partial charge in [0.2, 0.25) is 0 Å². The van der Waals surface area contributed by atoms with E-state index in [0.717, 1.165) is 18.4 Å². The predicted molar refractivity (Wildman–Crippen MR) is 74.2 cm³/mol. The summed E-state index contributed by atoms with van der Waals surface area (Å²) in [5, 5.41) is 0. The van der Waals surface area contributed by atoms with Gasteiger partial charge in [-0.1, -0.05) is 37.8 Å². The molecule has 1 aliphatic rings. The molecule has 18 heavy (non-hydrogen) atoms. The molecular formula is C15H23FN2. The van der Waals surface area contributed by atoms with Gasteiger partial charge < -0.3 is 10.6 Å². The van der Waals surface area contributed by atoms with Crippen LogP contribution in [-0.2, 0) is 6.54 Å². The van der Waals surface area contributed by atoms with E-state index in [0.29, 0.717) is 18.3 Å². The van der Waals surface area contributed by atoms with Crippen molar-refractivity contribution in [2.45, 2.75) is 51.1 Å². The Morgan fingerprint density at radius 1 is 1.22 bits per heavy atom. The van der Waals surface area contributed by atoms with Gasteiger partial charge in [-0.2, -0.15) is 0 Å². The van der Waals surface area contributed by atoms with Crippen LogP contribution in [0.4, 0.5) is 10.1 Å². The Labute approximate surface area is 109 Å². The normalized spacial score (nSPS) is 17.5. The lowest BCUT2D eigenvalue weighted by Crippen LogP contribution is -2.32. The zero-order valence-corrected chi connectivity index (χ0v) is 11.2. The van der Waals surface area contributed by atoms with Crippen LogP contribution in [0.25, 0.3) is 0 Å². The first-order valence-corrected chi connectivity index (χ1v) is 6.94. The smallest absolute Gasteiger partial charge is 0.146 e. The minimum absolute atomic E-state index is 0.148. The van der Waals surface area contributed by atoms with Gasteiger partial charge in [0.1, 0.15) is 5.82 Å². The number of hydrogen-bond acceptors (Lipinski definition) is 2. The third-order valence-corrected chi connectivity index (χ3v) is 4.02. The molecule has 0 unspecified atom stereocenters. The average Bonchev–Trinajstić information content (AvgIpc) is 2.66. The molecule has 3 heteroatoms. The van der Waals surface area contributed by atoms with Crippen molar-refractivity contribution in [1.29, 1.82) is 0 Å². The van der Waals surface area contributed by atoms with Gasteiger partial charge in [0.05, 0.1) is 5.69 Å².